The van der Waals surface area contributed by atoms with E-state index in [9.17, 15) is 9.90 Å². The molecule has 0 saturated heterocycles. The Labute approximate surface area is 110 Å². The Kier molecular flexibility index (Phi) is 4.43. The van der Waals surface area contributed by atoms with Gasteiger partial charge in [-0.2, -0.15) is 0 Å². The molecule has 0 atom stereocenters. The minimum atomic E-state index is -0.777. The summed E-state index contributed by atoms with van der Waals surface area (Å²) in [6.45, 7) is 1.51. The number of carbonyl (C=O) groups is 1. The second kappa shape index (κ2) is 6.07. The third-order valence-corrected chi connectivity index (χ3v) is 3.49. The van der Waals surface area contributed by atoms with Crippen LogP contribution in [0.25, 0.3) is 0 Å². The van der Waals surface area contributed by atoms with E-state index in [0.717, 1.165) is 6.42 Å². The molecule has 0 bridgehead atoms. The molecule has 1 N–H and O–H groups in total. The van der Waals surface area contributed by atoms with Crippen molar-refractivity contribution in [3.05, 3.63) is 5.82 Å². The minimum absolute atomic E-state index is 0.256. The number of methoxy groups -OCH3 is 1. The third-order valence-electron chi connectivity index (χ3n) is 3.49. The Bertz CT molecular complexity index is 430. The number of carboxylic acid groups (broad SMARTS) is 1. The molecule has 0 unspecified atom stereocenters. The van der Waals surface area contributed by atoms with Gasteiger partial charge < -0.3 is 14.6 Å². The number of ether oxygens (including phenoxy) is 2. The van der Waals surface area contributed by atoms with Gasteiger partial charge in [0.25, 0.3) is 0 Å². The van der Waals surface area contributed by atoms with Gasteiger partial charge in [0.1, 0.15) is 6.61 Å². The van der Waals surface area contributed by atoms with Crippen LogP contribution in [0.5, 0.6) is 0 Å². The number of tetrazole rings is 1. The zero-order valence-corrected chi connectivity index (χ0v) is 10.9. The summed E-state index contributed by atoms with van der Waals surface area (Å²) in [6.07, 6.45) is 2.28. The summed E-state index contributed by atoms with van der Waals surface area (Å²) in [5, 5.41) is 20.6. The van der Waals surface area contributed by atoms with E-state index in [1.165, 1.54) is 4.68 Å². The molecule has 0 amide bonds. The normalized spacial score (nSPS) is 17.1. The molecule has 8 heteroatoms. The first-order valence-corrected chi connectivity index (χ1v) is 6.23. The van der Waals surface area contributed by atoms with Gasteiger partial charge in [0.2, 0.25) is 0 Å². The van der Waals surface area contributed by atoms with Gasteiger partial charge in [-0.25, -0.2) is 4.68 Å². The summed E-state index contributed by atoms with van der Waals surface area (Å²) in [5.41, 5.74) is -0.712. The van der Waals surface area contributed by atoms with Crippen molar-refractivity contribution in [2.45, 2.75) is 32.4 Å². The van der Waals surface area contributed by atoms with E-state index in [-0.39, 0.29) is 6.61 Å². The summed E-state index contributed by atoms with van der Waals surface area (Å²) in [6, 6.07) is 0. The predicted molar refractivity (Wildman–Crippen MR) is 63.3 cm³/mol. The van der Waals surface area contributed by atoms with Crippen LogP contribution in [0.4, 0.5) is 0 Å². The van der Waals surface area contributed by atoms with Crippen LogP contribution in [0.2, 0.25) is 0 Å². The van der Waals surface area contributed by atoms with Crippen LogP contribution >= 0.6 is 0 Å². The van der Waals surface area contributed by atoms with Crippen molar-refractivity contribution in [3.8, 4) is 0 Å². The van der Waals surface area contributed by atoms with Crippen molar-refractivity contribution < 1.29 is 19.4 Å². The van der Waals surface area contributed by atoms with E-state index in [0.29, 0.717) is 38.4 Å². The highest BCUT2D eigenvalue weighted by molar-refractivity contribution is 5.75. The van der Waals surface area contributed by atoms with Crippen molar-refractivity contribution in [1.29, 1.82) is 0 Å². The molecule has 1 aliphatic carbocycles. The quantitative estimate of drug-likeness (QED) is 0.668. The largest absolute Gasteiger partial charge is 0.481 e. The molecule has 2 rings (SSSR count). The van der Waals surface area contributed by atoms with Gasteiger partial charge in [0.15, 0.2) is 5.82 Å². The van der Waals surface area contributed by atoms with Gasteiger partial charge in [-0.3, -0.25) is 4.79 Å². The first-order chi connectivity index (χ1) is 9.18. The Morgan fingerprint density at radius 3 is 2.84 bits per heavy atom. The summed E-state index contributed by atoms with van der Waals surface area (Å²) in [5.74, 6) is -0.232. The van der Waals surface area contributed by atoms with E-state index in [2.05, 4.69) is 15.5 Å². The van der Waals surface area contributed by atoms with Crippen LogP contribution in [-0.4, -0.2) is 51.6 Å². The standard InChI is InChI=1S/C11H18N4O4/c1-18-5-6-19-7-9-12-13-14-15(9)8-11(10(16)17)3-2-4-11/h2-8H2,1H3,(H,16,17). The third kappa shape index (κ3) is 3.07. The summed E-state index contributed by atoms with van der Waals surface area (Å²) < 4.78 is 11.7. The Morgan fingerprint density at radius 1 is 1.47 bits per heavy atom. The number of carboxylic acids is 1. The van der Waals surface area contributed by atoms with Crippen LogP contribution in [0.15, 0.2) is 0 Å². The molecular weight excluding hydrogens is 252 g/mol. The summed E-state index contributed by atoms with van der Waals surface area (Å²) >= 11 is 0. The van der Waals surface area contributed by atoms with Gasteiger partial charge in [0.05, 0.1) is 25.2 Å². The smallest absolute Gasteiger partial charge is 0.311 e. The maximum atomic E-state index is 11.3. The second-order valence-electron chi connectivity index (χ2n) is 4.74. The Morgan fingerprint density at radius 2 is 2.26 bits per heavy atom. The lowest BCUT2D eigenvalue weighted by Crippen LogP contribution is -2.42. The number of aliphatic carboxylic acids is 1. The summed E-state index contributed by atoms with van der Waals surface area (Å²) in [7, 11) is 1.60. The van der Waals surface area contributed by atoms with Gasteiger partial charge >= 0.3 is 5.97 Å². The lowest BCUT2D eigenvalue weighted by Gasteiger charge is -2.37. The maximum Gasteiger partial charge on any atom is 0.311 e. The Balaban J connectivity index is 1.93. The highest BCUT2D eigenvalue weighted by Crippen LogP contribution is 2.42. The number of hydrogen-bond donors (Lipinski definition) is 1. The molecule has 0 aliphatic heterocycles. The van der Waals surface area contributed by atoms with E-state index in [1.807, 2.05) is 0 Å². The van der Waals surface area contributed by atoms with Crippen molar-refractivity contribution >= 4 is 5.97 Å². The molecule has 19 heavy (non-hydrogen) atoms. The molecule has 1 aliphatic rings. The molecule has 1 fully saturated rings. The van der Waals surface area contributed by atoms with Crippen LogP contribution in [0.1, 0.15) is 25.1 Å². The molecule has 8 nitrogen and oxygen atoms in total. The predicted octanol–water partition coefficient (Wildman–Crippen LogP) is 0.0910. The average Bonchev–Trinajstić information content (AvgIpc) is 2.76. The van der Waals surface area contributed by atoms with Crippen molar-refractivity contribution in [2.24, 2.45) is 5.41 Å². The van der Waals surface area contributed by atoms with E-state index in [1.54, 1.807) is 7.11 Å². The Hall–Kier alpha value is -1.54. The molecule has 106 valence electrons. The number of aromatic nitrogens is 4. The number of hydrogen-bond acceptors (Lipinski definition) is 6. The van der Waals surface area contributed by atoms with E-state index in [4.69, 9.17) is 9.47 Å². The van der Waals surface area contributed by atoms with Crippen LogP contribution in [0.3, 0.4) is 0 Å². The maximum absolute atomic E-state index is 11.3. The van der Waals surface area contributed by atoms with Crippen molar-refractivity contribution in [1.82, 2.24) is 20.2 Å². The van der Waals surface area contributed by atoms with Gasteiger partial charge in [-0.1, -0.05) is 6.42 Å². The second-order valence-corrected chi connectivity index (χ2v) is 4.74. The summed E-state index contributed by atoms with van der Waals surface area (Å²) in [4.78, 5) is 11.3. The zero-order valence-electron chi connectivity index (χ0n) is 10.9. The fourth-order valence-corrected chi connectivity index (χ4v) is 2.08. The van der Waals surface area contributed by atoms with Gasteiger partial charge in [-0.05, 0) is 23.3 Å². The lowest BCUT2D eigenvalue weighted by molar-refractivity contribution is -0.156. The molecular formula is C11H18N4O4. The fraction of sp³-hybridized carbons (Fsp3) is 0.818. The fourth-order valence-electron chi connectivity index (χ4n) is 2.08. The molecule has 0 spiro atoms. The molecule has 0 aromatic carbocycles. The highest BCUT2D eigenvalue weighted by Gasteiger charge is 2.45. The molecule has 0 radical (unpaired) electrons. The van der Waals surface area contributed by atoms with Crippen LogP contribution < -0.4 is 0 Å². The molecule has 1 saturated carbocycles. The number of rotatable bonds is 8. The van der Waals surface area contributed by atoms with Crippen molar-refractivity contribution in [2.75, 3.05) is 20.3 Å². The molecule has 1 heterocycles. The van der Waals surface area contributed by atoms with Crippen LogP contribution in [0, 0.1) is 5.41 Å². The van der Waals surface area contributed by atoms with Crippen molar-refractivity contribution in [3.63, 3.8) is 0 Å². The lowest BCUT2D eigenvalue weighted by atomic mass is 9.69. The van der Waals surface area contributed by atoms with E-state index >= 15 is 0 Å². The zero-order chi connectivity index (χ0) is 13.7. The molecule has 1 aromatic heterocycles. The first-order valence-electron chi connectivity index (χ1n) is 6.23. The first kappa shape index (κ1) is 13.9. The van der Waals surface area contributed by atoms with Crippen LogP contribution in [-0.2, 0) is 27.4 Å². The minimum Gasteiger partial charge on any atom is -0.481 e. The average molecular weight is 270 g/mol. The van der Waals surface area contributed by atoms with E-state index < -0.39 is 11.4 Å². The van der Waals surface area contributed by atoms with Gasteiger partial charge in [0, 0.05) is 7.11 Å². The molecule has 1 aromatic rings. The topological polar surface area (TPSA) is 99.4 Å². The highest BCUT2D eigenvalue weighted by atomic mass is 16.5. The SMILES string of the molecule is COCCOCc1nnnn1CC1(C(=O)O)CCC1. The number of nitrogens with zero attached hydrogens (tertiary/aromatic N) is 4. The van der Waals surface area contributed by atoms with Gasteiger partial charge in [-0.15, -0.1) is 5.10 Å². The monoisotopic (exact) mass is 270 g/mol.